The second-order valence-corrected chi connectivity index (χ2v) is 8.12. The molecule has 2 unspecified atom stereocenters. The number of hydrogen-bond acceptors (Lipinski definition) is 3. The maximum atomic E-state index is 12.3. The van der Waals surface area contributed by atoms with Gasteiger partial charge in [-0.2, -0.15) is 0 Å². The Balaban J connectivity index is 1.82. The SMILES string of the molecule is CC(NC1CCCCC1)C1CCCN(C(=O)OC(C)(C)C)C1. The van der Waals surface area contributed by atoms with Crippen LogP contribution in [0, 0.1) is 5.92 Å². The van der Waals surface area contributed by atoms with Crippen molar-refractivity contribution in [3.05, 3.63) is 0 Å². The van der Waals surface area contributed by atoms with Gasteiger partial charge in [-0.25, -0.2) is 4.79 Å². The molecule has 1 N–H and O–H groups in total. The summed E-state index contributed by atoms with van der Waals surface area (Å²) in [5, 5.41) is 3.82. The first-order chi connectivity index (χ1) is 10.3. The van der Waals surface area contributed by atoms with Crippen molar-refractivity contribution in [1.82, 2.24) is 10.2 Å². The highest BCUT2D eigenvalue weighted by atomic mass is 16.6. The maximum Gasteiger partial charge on any atom is 0.410 e. The van der Waals surface area contributed by atoms with Gasteiger partial charge in [-0.3, -0.25) is 0 Å². The summed E-state index contributed by atoms with van der Waals surface area (Å²) in [4.78, 5) is 14.2. The van der Waals surface area contributed by atoms with Crippen LogP contribution in [0.3, 0.4) is 0 Å². The summed E-state index contributed by atoms with van der Waals surface area (Å²) >= 11 is 0. The topological polar surface area (TPSA) is 41.6 Å². The monoisotopic (exact) mass is 310 g/mol. The molecule has 1 aliphatic carbocycles. The fourth-order valence-corrected chi connectivity index (χ4v) is 3.69. The molecule has 0 aromatic rings. The summed E-state index contributed by atoms with van der Waals surface area (Å²) in [6.07, 6.45) is 8.88. The fourth-order valence-electron chi connectivity index (χ4n) is 3.69. The van der Waals surface area contributed by atoms with Crippen molar-refractivity contribution >= 4 is 6.09 Å². The average Bonchev–Trinajstić information content (AvgIpc) is 2.46. The highest BCUT2D eigenvalue weighted by Crippen LogP contribution is 2.24. The lowest BCUT2D eigenvalue weighted by Crippen LogP contribution is -2.50. The van der Waals surface area contributed by atoms with Crippen molar-refractivity contribution in [3.8, 4) is 0 Å². The van der Waals surface area contributed by atoms with E-state index >= 15 is 0 Å². The molecule has 2 rings (SSSR count). The molecule has 2 aliphatic rings. The van der Waals surface area contributed by atoms with Gasteiger partial charge in [0.25, 0.3) is 0 Å². The Kier molecular flexibility index (Phi) is 6.13. The molecular weight excluding hydrogens is 276 g/mol. The van der Waals surface area contributed by atoms with Gasteiger partial charge in [0.15, 0.2) is 0 Å². The predicted octanol–water partition coefficient (Wildman–Crippen LogP) is 3.94. The van der Waals surface area contributed by atoms with E-state index in [1.54, 1.807) is 0 Å². The van der Waals surface area contributed by atoms with Crippen LogP contribution in [0.15, 0.2) is 0 Å². The number of amides is 1. The second-order valence-electron chi connectivity index (χ2n) is 8.12. The van der Waals surface area contributed by atoms with E-state index in [-0.39, 0.29) is 6.09 Å². The predicted molar refractivity (Wildman–Crippen MR) is 90.0 cm³/mol. The Morgan fingerprint density at radius 2 is 1.82 bits per heavy atom. The number of nitrogens with one attached hydrogen (secondary N) is 1. The molecule has 4 heteroatoms. The van der Waals surface area contributed by atoms with Crippen LogP contribution in [0.2, 0.25) is 0 Å². The number of likely N-dealkylation sites (tertiary alicyclic amines) is 1. The molecule has 1 saturated heterocycles. The summed E-state index contributed by atoms with van der Waals surface area (Å²) in [6.45, 7) is 9.74. The third-order valence-corrected chi connectivity index (χ3v) is 4.92. The van der Waals surface area contributed by atoms with E-state index in [1.165, 1.54) is 38.5 Å². The van der Waals surface area contributed by atoms with Gasteiger partial charge in [-0.15, -0.1) is 0 Å². The Morgan fingerprint density at radius 1 is 1.14 bits per heavy atom. The summed E-state index contributed by atoms with van der Waals surface area (Å²) < 4.78 is 5.52. The zero-order chi connectivity index (χ0) is 16.2. The Bertz CT molecular complexity index is 359. The number of carbonyl (C=O) groups excluding carboxylic acids is 1. The van der Waals surface area contributed by atoms with Crippen LogP contribution >= 0.6 is 0 Å². The second kappa shape index (κ2) is 7.67. The first-order valence-corrected chi connectivity index (χ1v) is 9.09. The minimum atomic E-state index is -0.407. The smallest absolute Gasteiger partial charge is 0.410 e. The van der Waals surface area contributed by atoms with Gasteiger partial charge in [-0.05, 0) is 59.3 Å². The molecule has 2 fully saturated rings. The molecule has 0 radical (unpaired) electrons. The zero-order valence-electron chi connectivity index (χ0n) is 14.9. The van der Waals surface area contributed by atoms with Gasteiger partial charge >= 0.3 is 6.09 Å². The number of nitrogens with zero attached hydrogens (tertiary/aromatic N) is 1. The summed E-state index contributed by atoms with van der Waals surface area (Å²) in [5.74, 6) is 0.545. The lowest BCUT2D eigenvalue weighted by Gasteiger charge is -2.38. The standard InChI is InChI=1S/C18H34N2O2/c1-14(19-16-10-6-5-7-11-16)15-9-8-12-20(13-15)17(21)22-18(2,3)4/h14-16,19H,5-13H2,1-4H3. The molecule has 128 valence electrons. The third-order valence-electron chi connectivity index (χ3n) is 4.92. The fraction of sp³-hybridized carbons (Fsp3) is 0.944. The van der Waals surface area contributed by atoms with E-state index < -0.39 is 5.60 Å². The van der Waals surface area contributed by atoms with Crippen molar-refractivity contribution in [1.29, 1.82) is 0 Å². The van der Waals surface area contributed by atoms with Gasteiger partial charge < -0.3 is 15.0 Å². The number of ether oxygens (including phenoxy) is 1. The molecule has 1 aliphatic heterocycles. The molecule has 0 aromatic carbocycles. The van der Waals surface area contributed by atoms with Gasteiger partial charge in [0.2, 0.25) is 0 Å². The molecule has 0 spiro atoms. The van der Waals surface area contributed by atoms with Gasteiger partial charge in [0.05, 0.1) is 0 Å². The van der Waals surface area contributed by atoms with Crippen LogP contribution in [0.4, 0.5) is 4.79 Å². The summed E-state index contributed by atoms with van der Waals surface area (Å²) in [5.41, 5.74) is -0.407. The van der Waals surface area contributed by atoms with E-state index in [0.29, 0.717) is 18.0 Å². The van der Waals surface area contributed by atoms with Crippen molar-refractivity contribution in [2.75, 3.05) is 13.1 Å². The van der Waals surface area contributed by atoms with Crippen molar-refractivity contribution in [3.63, 3.8) is 0 Å². The van der Waals surface area contributed by atoms with E-state index in [1.807, 2.05) is 25.7 Å². The van der Waals surface area contributed by atoms with Crippen LogP contribution in [0.5, 0.6) is 0 Å². The van der Waals surface area contributed by atoms with Crippen LogP contribution in [0.1, 0.15) is 72.6 Å². The van der Waals surface area contributed by atoms with Gasteiger partial charge in [-0.1, -0.05) is 19.3 Å². The van der Waals surface area contributed by atoms with Crippen molar-refractivity contribution < 1.29 is 9.53 Å². The molecular formula is C18H34N2O2. The largest absolute Gasteiger partial charge is 0.444 e. The maximum absolute atomic E-state index is 12.3. The van der Waals surface area contributed by atoms with Gasteiger partial charge in [0.1, 0.15) is 5.60 Å². The first-order valence-electron chi connectivity index (χ1n) is 9.09. The molecule has 0 aromatic heterocycles. The Hall–Kier alpha value is -0.770. The Labute approximate surface area is 136 Å². The lowest BCUT2D eigenvalue weighted by molar-refractivity contribution is 0.0145. The van der Waals surface area contributed by atoms with Crippen LogP contribution < -0.4 is 5.32 Å². The lowest BCUT2D eigenvalue weighted by atomic mass is 9.89. The normalized spacial score (nSPS) is 25.8. The minimum Gasteiger partial charge on any atom is -0.444 e. The van der Waals surface area contributed by atoms with E-state index in [4.69, 9.17) is 4.74 Å². The van der Waals surface area contributed by atoms with E-state index in [0.717, 1.165) is 19.5 Å². The highest BCUT2D eigenvalue weighted by Gasteiger charge is 2.31. The quantitative estimate of drug-likeness (QED) is 0.858. The molecule has 2 atom stereocenters. The van der Waals surface area contributed by atoms with Crippen LogP contribution in [0.25, 0.3) is 0 Å². The number of piperidine rings is 1. The number of rotatable bonds is 3. The van der Waals surface area contributed by atoms with Crippen LogP contribution in [-0.4, -0.2) is 41.8 Å². The van der Waals surface area contributed by atoms with Gasteiger partial charge in [0, 0.05) is 25.2 Å². The van der Waals surface area contributed by atoms with Crippen molar-refractivity contribution in [2.45, 2.75) is 90.3 Å². The Morgan fingerprint density at radius 3 is 2.45 bits per heavy atom. The summed E-state index contributed by atoms with van der Waals surface area (Å²) in [7, 11) is 0. The summed E-state index contributed by atoms with van der Waals surface area (Å²) in [6, 6.07) is 1.16. The van der Waals surface area contributed by atoms with E-state index in [2.05, 4.69) is 12.2 Å². The molecule has 4 nitrogen and oxygen atoms in total. The highest BCUT2D eigenvalue weighted by molar-refractivity contribution is 5.68. The molecule has 1 heterocycles. The van der Waals surface area contributed by atoms with Crippen molar-refractivity contribution in [2.24, 2.45) is 5.92 Å². The molecule has 22 heavy (non-hydrogen) atoms. The third kappa shape index (κ3) is 5.45. The molecule has 1 amide bonds. The number of carbonyl (C=O) groups is 1. The first kappa shape index (κ1) is 17.6. The zero-order valence-corrected chi connectivity index (χ0v) is 14.9. The molecule has 1 saturated carbocycles. The molecule has 0 bridgehead atoms. The number of hydrogen-bond donors (Lipinski definition) is 1. The average molecular weight is 310 g/mol. The van der Waals surface area contributed by atoms with Crippen LogP contribution in [-0.2, 0) is 4.74 Å². The van der Waals surface area contributed by atoms with E-state index in [9.17, 15) is 4.79 Å². The minimum absolute atomic E-state index is 0.151.